The molecule has 3 rings (SSSR count). The monoisotopic (exact) mass is 368 g/mol. The zero-order chi connectivity index (χ0) is 19.4. The average Bonchev–Trinajstić information content (AvgIpc) is 2.63. The molecular weight excluding hydrogens is 339 g/mol. The molecule has 2 aromatic carbocycles. The number of benzene rings is 2. The lowest BCUT2D eigenvalue weighted by atomic mass is 9.95. The van der Waals surface area contributed by atoms with Crippen LogP contribution in [-0.2, 0) is 11.3 Å². The molecule has 2 aromatic rings. The minimum atomic E-state index is -0.213. The van der Waals surface area contributed by atoms with Gasteiger partial charge < -0.3 is 5.32 Å². The van der Waals surface area contributed by atoms with Crippen molar-refractivity contribution >= 4 is 5.91 Å². The highest BCUT2D eigenvalue weighted by molar-refractivity contribution is 5.79. The SMILES string of the molecule is Cc1ccc([C@@H](C)NC(=O)[C@H]2CCCN(Cc3ccc(F)cc3)C2)c(C)c1. The number of aryl methyl sites for hydroxylation is 2. The number of likely N-dealkylation sites (tertiary alicyclic amines) is 1. The Hall–Kier alpha value is -2.20. The summed E-state index contributed by atoms with van der Waals surface area (Å²) in [6.45, 7) is 8.72. The fraction of sp³-hybridized carbons (Fsp3) is 0.435. The standard InChI is InChI=1S/C23H29FN2O/c1-16-6-11-22(17(2)13-16)18(3)25-23(27)20-5-4-12-26(15-20)14-19-7-9-21(24)10-8-19/h6-11,13,18,20H,4-5,12,14-15H2,1-3H3,(H,25,27)/t18-,20+/m1/s1. The van der Waals surface area contributed by atoms with Gasteiger partial charge in [-0.25, -0.2) is 4.39 Å². The Kier molecular flexibility index (Phi) is 6.27. The molecule has 1 fully saturated rings. The van der Waals surface area contributed by atoms with Gasteiger partial charge in [0.05, 0.1) is 12.0 Å². The third-order valence-electron chi connectivity index (χ3n) is 5.45. The molecule has 1 aliphatic rings. The van der Waals surface area contributed by atoms with Crippen molar-refractivity contribution < 1.29 is 9.18 Å². The molecule has 0 saturated carbocycles. The summed E-state index contributed by atoms with van der Waals surface area (Å²) in [6.07, 6.45) is 1.93. The molecule has 2 atom stereocenters. The van der Waals surface area contributed by atoms with Gasteiger partial charge in [0.25, 0.3) is 0 Å². The Morgan fingerprint density at radius 1 is 1.22 bits per heavy atom. The third-order valence-corrected chi connectivity index (χ3v) is 5.45. The van der Waals surface area contributed by atoms with Crippen molar-refractivity contribution in [3.05, 3.63) is 70.5 Å². The topological polar surface area (TPSA) is 32.3 Å². The van der Waals surface area contributed by atoms with Gasteiger partial charge in [0.2, 0.25) is 5.91 Å². The Morgan fingerprint density at radius 2 is 1.96 bits per heavy atom. The first kappa shape index (κ1) is 19.6. The lowest BCUT2D eigenvalue weighted by Gasteiger charge is -2.32. The van der Waals surface area contributed by atoms with Crippen molar-refractivity contribution in [2.24, 2.45) is 5.92 Å². The lowest BCUT2D eigenvalue weighted by molar-refractivity contribution is -0.127. The van der Waals surface area contributed by atoms with E-state index >= 15 is 0 Å². The van der Waals surface area contributed by atoms with Crippen LogP contribution in [0.1, 0.15) is 48.1 Å². The highest BCUT2D eigenvalue weighted by atomic mass is 19.1. The number of piperidine rings is 1. The Morgan fingerprint density at radius 3 is 2.67 bits per heavy atom. The number of carbonyl (C=O) groups is 1. The fourth-order valence-corrected chi connectivity index (χ4v) is 3.98. The van der Waals surface area contributed by atoms with Crippen molar-refractivity contribution in [1.82, 2.24) is 10.2 Å². The van der Waals surface area contributed by atoms with E-state index < -0.39 is 0 Å². The normalized spacial score (nSPS) is 18.9. The van der Waals surface area contributed by atoms with Crippen LogP contribution in [0, 0.1) is 25.6 Å². The average molecular weight is 368 g/mol. The van der Waals surface area contributed by atoms with E-state index in [0.29, 0.717) is 0 Å². The molecule has 27 heavy (non-hydrogen) atoms. The second-order valence-corrected chi connectivity index (χ2v) is 7.79. The van der Waals surface area contributed by atoms with E-state index in [0.717, 1.165) is 38.0 Å². The Bertz CT molecular complexity index is 787. The molecule has 1 heterocycles. The minimum absolute atomic E-state index is 0.00516. The summed E-state index contributed by atoms with van der Waals surface area (Å²) in [7, 11) is 0. The molecule has 0 bridgehead atoms. The number of nitrogens with one attached hydrogen (secondary N) is 1. The zero-order valence-corrected chi connectivity index (χ0v) is 16.5. The summed E-state index contributed by atoms with van der Waals surface area (Å²) in [5, 5.41) is 3.20. The summed E-state index contributed by atoms with van der Waals surface area (Å²) >= 11 is 0. The molecule has 0 aliphatic carbocycles. The van der Waals surface area contributed by atoms with Crippen LogP contribution in [0.15, 0.2) is 42.5 Å². The van der Waals surface area contributed by atoms with E-state index in [9.17, 15) is 9.18 Å². The number of nitrogens with zero attached hydrogens (tertiary/aromatic N) is 1. The smallest absolute Gasteiger partial charge is 0.224 e. The quantitative estimate of drug-likeness (QED) is 0.841. The van der Waals surface area contributed by atoms with Gasteiger partial charge in [-0.05, 0) is 69.0 Å². The van der Waals surface area contributed by atoms with Gasteiger partial charge in [0.15, 0.2) is 0 Å². The molecule has 4 heteroatoms. The maximum absolute atomic E-state index is 13.1. The van der Waals surface area contributed by atoms with Crippen LogP contribution >= 0.6 is 0 Å². The summed E-state index contributed by atoms with van der Waals surface area (Å²) in [6, 6.07) is 13.0. The van der Waals surface area contributed by atoms with Crippen molar-refractivity contribution in [2.75, 3.05) is 13.1 Å². The van der Waals surface area contributed by atoms with Crippen molar-refractivity contribution in [3.8, 4) is 0 Å². The summed E-state index contributed by atoms with van der Waals surface area (Å²) in [4.78, 5) is 15.1. The summed E-state index contributed by atoms with van der Waals surface area (Å²) in [5.41, 5.74) is 4.71. The van der Waals surface area contributed by atoms with E-state index in [1.807, 2.05) is 12.1 Å². The van der Waals surface area contributed by atoms with E-state index in [-0.39, 0.29) is 23.7 Å². The van der Waals surface area contributed by atoms with E-state index in [2.05, 4.69) is 49.2 Å². The molecule has 0 unspecified atom stereocenters. The highest BCUT2D eigenvalue weighted by Gasteiger charge is 2.27. The van der Waals surface area contributed by atoms with Crippen LogP contribution in [0.2, 0.25) is 0 Å². The fourth-order valence-electron chi connectivity index (χ4n) is 3.98. The summed E-state index contributed by atoms with van der Waals surface area (Å²) < 4.78 is 13.1. The number of carbonyl (C=O) groups excluding carboxylic acids is 1. The van der Waals surface area contributed by atoms with Crippen molar-refractivity contribution in [2.45, 2.75) is 46.2 Å². The molecular formula is C23H29FN2O. The van der Waals surface area contributed by atoms with Gasteiger partial charge in [0.1, 0.15) is 5.82 Å². The van der Waals surface area contributed by atoms with E-state index in [1.54, 1.807) is 0 Å². The first-order valence-corrected chi connectivity index (χ1v) is 9.76. The lowest BCUT2D eigenvalue weighted by Crippen LogP contribution is -2.43. The molecule has 144 valence electrons. The molecule has 1 N–H and O–H groups in total. The van der Waals surface area contributed by atoms with Gasteiger partial charge in [-0.2, -0.15) is 0 Å². The zero-order valence-electron chi connectivity index (χ0n) is 16.5. The number of rotatable bonds is 5. The van der Waals surface area contributed by atoms with Crippen LogP contribution in [0.3, 0.4) is 0 Å². The van der Waals surface area contributed by atoms with Crippen LogP contribution in [0.25, 0.3) is 0 Å². The maximum atomic E-state index is 13.1. The first-order chi connectivity index (χ1) is 12.9. The minimum Gasteiger partial charge on any atom is -0.349 e. The predicted molar refractivity (Wildman–Crippen MR) is 107 cm³/mol. The first-order valence-electron chi connectivity index (χ1n) is 9.76. The van der Waals surface area contributed by atoms with Crippen molar-refractivity contribution in [1.29, 1.82) is 0 Å². The van der Waals surface area contributed by atoms with Gasteiger partial charge >= 0.3 is 0 Å². The second-order valence-electron chi connectivity index (χ2n) is 7.79. The number of hydrogen-bond donors (Lipinski definition) is 1. The number of hydrogen-bond acceptors (Lipinski definition) is 2. The summed E-state index contributed by atoms with van der Waals surface area (Å²) in [5.74, 6) is -0.0753. The highest BCUT2D eigenvalue weighted by Crippen LogP contribution is 2.22. The van der Waals surface area contributed by atoms with E-state index in [1.165, 1.54) is 28.8 Å². The molecule has 1 saturated heterocycles. The van der Waals surface area contributed by atoms with Gasteiger partial charge in [-0.15, -0.1) is 0 Å². The molecule has 1 amide bonds. The number of amides is 1. The van der Waals surface area contributed by atoms with Crippen LogP contribution in [0.5, 0.6) is 0 Å². The van der Waals surface area contributed by atoms with Gasteiger partial charge in [-0.3, -0.25) is 9.69 Å². The Balaban J connectivity index is 1.58. The largest absolute Gasteiger partial charge is 0.349 e. The van der Waals surface area contributed by atoms with Gasteiger partial charge in [0, 0.05) is 13.1 Å². The molecule has 1 aliphatic heterocycles. The van der Waals surface area contributed by atoms with Crippen LogP contribution < -0.4 is 5.32 Å². The van der Waals surface area contributed by atoms with Crippen LogP contribution in [0.4, 0.5) is 4.39 Å². The Labute approximate surface area is 161 Å². The van der Waals surface area contributed by atoms with E-state index in [4.69, 9.17) is 0 Å². The van der Waals surface area contributed by atoms with Crippen LogP contribution in [-0.4, -0.2) is 23.9 Å². The molecule has 0 radical (unpaired) electrons. The van der Waals surface area contributed by atoms with Crippen molar-refractivity contribution in [3.63, 3.8) is 0 Å². The molecule has 0 spiro atoms. The predicted octanol–water partition coefficient (Wildman–Crippen LogP) is 4.53. The maximum Gasteiger partial charge on any atom is 0.224 e. The third kappa shape index (κ3) is 5.16. The molecule has 0 aromatic heterocycles. The van der Waals surface area contributed by atoms with Gasteiger partial charge in [-0.1, -0.05) is 35.9 Å². The number of halogens is 1. The second kappa shape index (κ2) is 8.66. The molecule has 3 nitrogen and oxygen atoms in total.